The summed E-state index contributed by atoms with van der Waals surface area (Å²) in [6.07, 6.45) is 3.66. The zero-order chi connectivity index (χ0) is 30.9. The van der Waals surface area contributed by atoms with E-state index >= 15 is 0 Å². The molecule has 2 aromatic heterocycles. The standard InChI is InChI=1S/C36H33N5O4/c42-35(38-19-17-27(18-20-38)40-34-14-8-7-13-32(34)37-36(40)43)22-29(26-11-5-2-6-12-26)31-24-39(23-25-9-3-1-4-10-25)33-16-15-28(41(44)45)21-30(31)33/h1-16,21,24,27,29H,17-20,22-23H2,(H,37,43). The number of aromatic amines is 1. The number of H-pyrrole nitrogens is 1. The highest BCUT2D eigenvalue weighted by atomic mass is 16.6. The summed E-state index contributed by atoms with van der Waals surface area (Å²) in [6, 6.07) is 32.7. The van der Waals surface area contributed by atoms with Crippen molar-refractivity contribution in [2.24, 2.45) is 0 Å². The Bertz CT molecular complexity index is 2050. The van der Waals surface area contributed by atoms with E-state index in [1.54, 1.807) is 18.2 Å². The fourth-order valence-electron chi connectivity index (χ4n) is 6.82. The SMILES string of the molecule is O=C(CC(c1ccccc1)c1cn(Cc2ccccc2)c2ccc([N+](=O)[O-])cc12)N1CCC(n2c(=O)[nH]c3ccccc32)CC1. The predicted molar refractivity (Wildman–Crippen MR) is 174 cm³/mol. The van der Waals surface area contributed by atoms with Gasteiger partial charge < -0.3 is 14.5 Å². The lowest BCUT2D eigenvalue weighted by molar-refractivity contribution is -0.384. The van der Waals surface area contributed by atoms with E-state index < -0.39 is 0 Å². The van der Waals surface area contributed by atoms with Gasteiger partial charge in [-0.25, -0.2) is 4.79 Å². The van der Waals surface area contributed by atoms with E-state index in [-0.39, 0.29) is 40.6 Å². The van der Waals surface area contributed by atoms with E-state index in [9.17, 15) is 19.7 Å². The molecule has 6 aromatic rings. The molecule has 1 unspecified atom stereocenters. The molecule has 1 saturated heterocycles. The van der Waals surface area contributed by atoms with Crippen molar-refractivity contribution >= 4 is 33.5 Å². The van der Waals surface area contributed by atoms with Crippen molar-refractivity contribution in [2.75, 3.05) is 13.1 Å². The van der Waals surface area contributed by atoms with Crippen LogP contribution in [0.3, 0.4) is 0 Å². The van der Waals surface area contributed by atoms with Gasteiger partial charge in [0.05, 0.1) is 16.0 Å². The number of hydrogen-bond donors (Lipinski definition) is 1. The second-order valence-electron chi connectivity index (χ2n) is 11.8. The van der Waals surface area contributed by atoms with E-state index in [2.05, 4.69) is 27.9 Å². The fourth-order valence-corrected chi connectivity index (χ4v) is 6.82. The quantitative estimate of drug-likeness (QED) is 0.157. The van der Waals surface area contributed by atoms with Crippen molar-refractivity contribution in [1.29, 1.82) is 0 Å². The number of nitrogens with zero attached hydrogens (tertiary/aromatic N) is 4. The fraction of sp³-hybridized carbons (Fsp3) is 0.222. The van der Waals surface area contributed by atoms with Crippen LogP contribution in [0, 0.1) is 10.1 Å². The summed E-state index contributed by atoms with van der Waals surface area (Å²) in [6.45, 7) is 1.71. The summed E-state index contributed by atoms with van der Waals surface area (Å²) in [5.41, 5.74) is 5.48. The van der Waals surface area contributed by atoms with Crippen LogP contribution >= 0.6 is 0 Å². The zero-order valence-corrected chi connectivity index (χ0v) is 24.7. The molecule has 45 heavy (non-hydrogen) atoms. The first-order chi connectivity index (χ1) is 22.0. The Morgan fingerprint density at radius 1 is 0.889 bits per heavy atom. The van der Waals surface area contributed by atoms with E-state index in [1.807, 2.05) is 82.3 Å². The Hall–Kier alpha value is -5.44. The van der Waals surface area contributed by atoms with Gasteiger partial charge in [0, 0.05) is 67.2 Å². The third-order valence-corrected chi connectivity index (χ3v) is 9.06. The summed E-state index contributed by atoms with van der Waals surface area (Å²) in [5.74, 6) is -0.267. The maximum atomic E-state index is 14.0. The summed E-state index contributed by atoms with van der Waals surface area (Å²) in [4.78, 5) is 43.0. The Labute approximate surface area is 259 Å². The van der Waals surface area contributed by atoms with Gasteiger partial charge >= 0.3 is 5.69 Å². The maximum absolute atomic E-state index is 14.0. The highest BCUT2D eigenvalue weighted by molar-refractivity contribution is 5.88. The monoisotopic (exact) mass is 599 g/mol. The number of imidazole rings is 1. The third kappa shape index (κ3) is 5.53. The van der Waals surface area contributed by atoms with Crippen LogP contribution in [0.1, 0.15) is 47.9 Å². The lowest BCUT2D eigenvalue weighted by Crippen LogP contribution is -2.41. The summed E-state index contributed by atoms with van der Waals surface area (Å²) in [7, 11) is 0. The minimum Gasteiger partial charge on any atom is -0.343 e. The number of amides is 1. The van der Waals surface area contributed by atoms with Crippen LogP contribution in [0.15, 0.2) is 114 Å². The topological polar surface area (TPSA) is 106 Å². The van der Waals surface area contributed by atoms with Gasteiger partial charge in [-0.05, 0) is 47.7 Å². The van der Waals surface area contributed by atoms with Crippen molar-refractivity contribution in [3.05, 3.63) is 147 Å². The molecule has 226 valence electrons. The Morgan fingerprint density at radius 3 is 2.31 bits per heavy atom. The van der Waals surface area contributed by atoms with E-state index in [0.717, 1.165) is 38.6 Å². The number of carbonyl (C=O) groups is 1. The molecule has 3 heterocycles. The number of rotatable bonds is 8. The number of para-hydroxylation sites is 2. The second-order valence-corrected chi connectivity index (χ2v) is 11.8. The predicted octanol–water partition coefficient (Wildman–Crippen LogP) is 6.63. The molecular weight excluding hydrogens is 566 g/mol. The Morgan fingerprint density at radius 2 is 1.58 bits per heavy atom. The van der Waals surface area contributed by atoms with Crippen LogP contribution in [0.4, 0.5) is 5.69 Å². The van der Waals surface area contributed by atoms with Crippen LogP contribution in [-0.4, -0.2) is 42.9 Å². The summed E-state index contributed by atoms with van der Waals surface area (Å²) < 4.78 is 3.95. The molecule has 1 atom stereocenters. The van der Waals surface area contributed by atoms with Gasteiger partial charge in [0.1, 0.15) is 0 Å². The molecule has 0 bridgehead atoms. The molecule has 1 aliphatic rings. The number of nitro groups is 1. The first-order valence-electron chi connectivity index (χ1n) is 15.3. The molecule has 1 N–H and O–H groups in total. The zero-order valence-electron chi connectivity index (χ0n) is 24.7. The van der Waals surface area contributed by atoms with Gasteiger partial charge in [0.25, 0.3) is 5.69 Å². The summed E-state index contributed by atoms with van der Waals surface area (Å²) >= 11 is 0. The van der Waals surface area contributed by atoms with Crippen molar-refractivity contribution in [1.82, 2.24) is 19.0 Å². The van der Waals surface area contributed by atoms with E-state index in [1.165, 1.54) is 0 Å². The molecule has 0 saturated carbocycles. The Kier molecular flexibility index (Phi) is 7.51. The third-order valence-electron chi connectivity index (χ3n) is 9.06. The number of aromatic nitrogens is 3. The van der Waals surface area contributed by atoms with E-state index in [0.29, 0.717) is 32.5 Å². The van der Waals surface area contributed by atoms with Crippen molar-refractivity contribution in [3.63, 3.8) is 0 Å². The summed E-state index contributed by atoms with van der Waals surface area (Å²) in [5, 5.41) is 12.6. The minimum atomic E-state index is -0.371. The number of hydrogen-bond acceptors (Lipinski definition) is 4. The minimum absolute atomic E-state index is 0.0131. The van der Waals surface area contributed by atoms with Gasteiger partial charge in [-0.1, -0.05) is 72.8 Å². The van der Waals surface area contributed by atoms with Crippen LogP contribution in [-0.2, 0) is 11.3 Å². The van der Waals surface area contributed by atoms with Crippen LogP contribution in [0.5, 0.6) is 0 Å². The average Bonchev–Trinajstić information content (AvgIpc) is 3.60. The normalized spacial score (nSPS) is 14.6. The number of likely N-dealkylation sites (tertiary alicyclic amines) is 1. The molecule has 9 heteroatoms. The van der Waals surface area contributed by atoms with Crippen molar-refractivity contribution in [2.45, 2.75) is 37.8 Å². The molecule has 1 aliphatic heterocycles. The molecule has 4 aromatic carbocycles. The number of fused-ring (bicyclic) bond motifs is 2. The first-order valence-corrected chi connectivity index (χ1v) is 15.3. The van der Waals surface area contributed by atoms with Gasteiger partial charge in [0.2, 0.25) is 5.91 Å². The number of nitro benzene ring substituents is 1. The van der Waals surface area contributed by atoms with Gasteiger partial charge in [0.15, 0.2) is 0 Å². The number of non-ortho nitro benzene ring substituents is 1. The van der Waals surface area contributed by atoms with Crippen LogP contribution in [0.2, 0.25) is 0 Å². The maximum Gasteiger partial charge on any atom is 0.326 e. The van der Waals surface area contributed by atoms with Gasteiger partial charge in [-0.2, -0.15) is 0 Å². The molecule has 7 rings (SSSR count). The largest absolute Gasteiger partial charge is 0.343 e. The average molecular weight is 600 g/mol. The number of nitrogens with one attached hydrogen (secondary N) is 1. The van der Waals surface area contributed by atoms with Crippen LogP contribution < -0.4 is 5.69 Å². The van der Waals surface area contributed by atoms with Crippen molar-refractivity contribution in [3.8, 4) is 0 Å². The molecular formula is C36H33N5O4. The molecule has 0 spiro atoms. The highest BCUT2D eigenvalue weighted by Gasteiger charge is 2.30. The molecule has 0 aliphatic carbocycles. The number of benzene rings is 4. The molecule has 1 fully saturated rings. The van der Waals surface area contributed by atoms with Gasteiger partial charge in [-0.3, -0.25) is 19.5 Å². The van der Waals surface area contributed by atoms with Crippen molar-refractivity contribution < 1.29 is 9.72 Å². The molecule has 1 amide bonds. The van der Waals surface area contributed by atoms with Crippen LogP contribution in [0.25, 0.3) is 21.9 Å². The number of piperidine rings is 1. The molecule has 0 radical (unpaired) electrons. The van der Waals surface area contributed by atoms with Gasteiger partial charge in [-0.15, -0.1) is 0 Å². The second kappa shape index (κ2) is 11.9. The lowest BCUT2D eigenvalue weighted by atomic mass is 9.87. The smallest absolute Gasteiger partial charge is 0.326 e. The highest BCUT2D eigenvalue weighted by Crippen LogP contribution is 2.37. The number of carbonyl (C=O) groups excluding carboxylic acids is 1. The first kappa shape index (κ1) is 28.3. The molecule has 9 nitrogen and oxygen atoms in total. The Balaban J connectivity index is 1.19. The lowest BCUT2D eigenvalue weighted by Gasteiger charge is -2.33. The van der Waals surface area contributed by atoms with E-state index in [4.69, 9.17) is 0 Å².